The summed E-state index contributed by atoms with van der Waals surface area (Å²) in [4.78, 5) is 11.5. The van der Waals surface area contributed by atoms with Gasteiger partial charge in [0, 0.05) is 38.0 Å². The minimum Gasteiger partial charge on any atom is -0.376 e. The number of thiazole rings is 1. The fraction of sp³-hybridized carbons (Fsp3) is 0.800. The van der Waals surface area contributed by atoms with Crippen LogP contribution in [0, 0.1) is 0 Å². The molecule has 1 aromatic heterocycles. The molecule has 0 saturated carbocycles. The maximum Gasteiger partial charge on any atom is 0.193 e. The molecule has 1 unspecified atom stereocenters. The Labute approximate surface area is 167 Å². The lowest BCUT2D eigenvalue weighted by atomic mass is 10.1. The summed E-state index contributed by atoms with van der Waals surface area (Å²) in [5.74, 6) is 1.45. The molecule has 7 heteroatoms. The zero-order valence-corrected chi connectivity index (χ0v) is 17.8. The molecule has 0 radical (unpaired) electrons. The molecule has 0 spiro atoms. The molecule has 3 heterocycles. The van der Waals surface area contributed by atoms with Crippen LogP contribution in [0.5, 0.6) is 0 Å². The molecule has 2 aliphatic heterocycles. The molecule has 2 saturated heterocycles. The SMILES string of the molecule is CN=C(NCc1csc(C(C)C)n1)N1CCC(OCC2CCCCO2)CC1. The van der Waals surface area contributed by atoms with Crippen molar-refractivity contribution in [2.75, 3.05) is 33.4 Å². The van der Waals surface area contributed by atoms with Gasteiger partial charge in [0.15, 0.2) is 5.96 Å². The fourth-order valence-corrected chi connectivity index (χ4v) is 4.42. The van der Waals surface area contributed by atoms with E-state index in [2.05, 4.69) is 34.4 Å². The van der Waals surface area contributed by atoms with E-state index < -0.39 is 0 Å². The fourth-order valence-electron chi connectivity index (χ4n) is 3.59. The molecule has 0 amide bonds. The van der Waals surface area contributed by atoms with Crippen LogP contribution in [0.15, 0.2) is 10.4 Å². The molecule has 1 atom stereocenters. The minimum absolute atomic E-state index is 0.306. The van der Waals surface area contributed by atoms with Crippen molar-refractivity contribution in [1.82, 2.24) is 15.2 Å². The van der Waals surface area contributed by atoms with Gasteiger partial charge in [0.1, 0.15) is 0 Å². The van der Waals surface area contributed by atoms with Gasteiger partial charge in [-0.25, -0.2) is 4.98 Å². The van der Waals surface area contributed by atoms with Crippen LogP contribution in [0.4, 0.5) is 0 Å². The highest BCUT2D eigenvalue weighted by molar-refractivity contribution is 7.09. The Morgan fingerprint density at radius 3 is 2.81 bits per heavy atom. The second-order valence-electron chi connectivity index (χ2n) is 7.74. The first kappa shape index (κ1) is 20.6. The van der Waals surface area contributed by atoms with Crippen molar-refractivity contribution in [2.24, 2.45) is 4.99 Å². The highest BCUT2D eigenvalue weighted by Crippen LogP contribution is 2.20. The van der Waals surface area contributed by atoms with Gasteiger partial charge in [0.2, 0.25) is 0 Å². The zero-order chi connectivity index (χ0) is 19.1. The van der Waals surface area contributed by atoms with E-state index in [4.69, 9.17) is 14.5 Å². The molecular formula is C20H34N4O2S. The van der Waals surface area contributed by atoms with E-state index in [0.717, 1.165) is 63.8 Å². The lowest BCUT2D eigenvalue weighted by molar-refractivity contribution is -0.0721. The predicted octanol–water partition coefficient (Wildman–Crippen LogP) is 3.39. The third-order valence-corrected chi connectivity index (χ3v) is 6.43. The lowest BCUT2D eigenvalue weighted by Crippen LogP contribution is -2.47. The number of likely N-dealkylation sites (tertiary alicyclic amines) is 1. The van der Waals surface area contributed by atoms with E-state index >= 15 is 0 Å². The Hall–Kier alpha value is -1.18. The molecule has 2 fully saturated rings. The molecule has 2 aliphatic rings. The van der Waals surface area contributed by atoms with Crippen LogP contribution in [-0.2, 0) is 16.0 Å². The molecule has 1 aromatic rings. The molecule has 3 rings (SSSR count). The van der Waals surface area contributed by atoms with Gasteiger partial charge < -0.3 is 19.7 Å². The second kappa shape index (κ2) is 10.4. The molecule has 0 aliphatic carbocycles. The molecular weight excluding hydrogens is 360 g/mol. The summed E-state index contributed by atoms with van der Waals surface area (Å²) in [6.45, 7) is 8.69. The normalized spacial score (nSPS) is 22.4. The summed E-state index contributed by atoms with van der Waals surface area (Å²) in [5.41, 5.74) is 1.09. The Morgan fingerprint density at radius 1 is 1.37 bits per heavy atom. The number of ether oxygens (including phenoxy) is 2. The summed E-state index contributed by atoms with van der Waals surface area (Å²) in [5, 5.41) is 6.80. The molecule has 0 aromatic carbocycles. The number of nitrogens with zero attached hydrogens (tertiary/aromatic N) is 3. The molecule has 0 bridgehead atoms. The van der Waals surface area contributed by atoms with Gasteiger partial charge in [-0.2, -0.15) is 0 Å². The van der Waals surface area contributed by atoms with E-state index in [9.17, 15) is 0 Å². The van der Waals surface area contributed by atoms with Crippen molar-refractivity contribution >= 4 is 17.3 Å². The first-order valence-electron chi connectivity index (χ1n) is 10.3. The quantitative estimate of drug-likeness (QED) is 0.592. The molecule has 1 N–H and O–H groups in total. The van der Waals surface area contributed by atoms with Crippen LogP contribution < -0.4 is 5.32 Å². The first-order valence-corrected chi connectivity index (χ1v) is 11.2. The Morgan fingerprint density at radius 2 is 2.19 bits per heavy atom. The van der Waals surface area contributed by atoms with E-state index in [0.29, 0.717) is 18.1 Å². The van der Waals surface area contributed by atoms with Gasteiger partial charge >= 0.3 is 0 Å². The van der Waals surface area contributed by atoms with Crippen molar-refractivity contribution in [1.29, 1.82) is 0 Å². The van der Waals surface area contributed by atoms with Gasteiger partial charge in [0.05, 0.1) is 36.1 Å². The number of hydrogen-bond acceptors (Lipinski definition) is 5. The van der Waals surface area contributed by atoms with Crippen molar-refractivity contribution in [3.05, 3.63) is 16.1 Å². The molecule has 27 heavy (non-hydrogen) atoms. The summed E-state index contributed by atoms with van der Waals surface area (Å²) in [6.07, 6.45) is 6.35. The van der Waals surface area contributed by atoms with Crippen molar-refractivity contribution < 1.29 is 9.47 Å². The summed E-state index contributed by atoms with van der Waals surface area (Å²) >= 11 is 1.74. The number of hydrogen-bond donors (Lipinski definition) is 1. The standard InChI is InChI=1S/C20H34N4O2S/c1-15(2)19-23-16(14-27-19)12-22-20(21-3)24-9-7-17(8-10-24)26-13-18-6-4-5-11-25-18/h14-15,17-18H,4-13H2,1-3H3,(H,21,22). The van der Waals surface area contributed by atoms with Crippen molar-refractivity contribution in [3.8, 4) is 0 Å². The number of guanidine groups is 1. The van der Waals surface area contributed by atoms with Crippen molar-refractivity contribution in [2.45, 2.75) is 70.6 Å². The van der Waals surface area contributed by atoms with Crippen LogP contribution >= 0.6 is 11.3 Å². The Bertz CT molecular complexity index is 591. The van der Waals surface area contributed by atoms with Gasteiger partial charge in [-0.15, -0.1) is 11.3 Å². The number of aliphatic imine (C=N–C) groups is 1. The monoisotopic (exact) mass is 394 g/mol. The van der Waals surface area contributed by atoms with Crippen molar-refractivity contribution in [3.63, 3.8) is 0 Å². The highest BCUT2D eigenvalue weighted by Gasteiger charge is 2.23. The number of nitrogens with one attached hydrogen (secondary N) is 1. The summed E-state index contributed by atoms with van der Waals surface area (Å²) < 4.78 is 11.9. The second-order valence-corrected chi connectivity index (χ2v) is 8.63. The zero-order valence-electron chi connectivity index (χ0n) is 16.9. The van der Waals surface area contributed by atoms with E-state index in [-0.39, 0.29) is 0 Å². The number of piperidine rings is 1. The van der Waals surface area contributed by atoms with Crippen LogP contribution in [0.25, 0.3) is 0 Å². The maximum atomic E-state index is 6.12. The Balaban J connectivity index is 1.38. The van der Waals surface area contributed by atoms with E-state index in [1.54, 1.807) is 11.3 Å². The third kappa shape index (κ3) is 6.16. The van der Waals surface area contributed by atoms with E-state index in [1.165, 1.54) is 17.8 Å². The maximum absolute atomic E-state index is 6.12. The minimum atomic E-state index is 0.306. The van der Waals surface area contributed by atoms with Gasteiger partial charge in [-0.05, 0) is 32.1 Å². The largest absolute Gasteiger partial charge is 0.376 e. The molecule has 152 valence electrons. The lowest BCUT2D eigenvalue weighted by Gasteiger charge is -2.35. The van der Waals surface area contributed by atoms with Gasteiger partial charge in [0.25, 0.3) is 0 Å². The summed E-state index contributed by atoms with van der Waals surface area (Å²) in [6, 6.07) is 0. The van der Waals surface area contributed by atoms with E-state index in [1.807, 2.05) is 7.05 Å². The highest BCUT2D eigenvalue weighted by atomic mass is 32.1. The van der Waals surface area contributed by atoms with Crippen LogP contribution in [0.1, 0.15) is 62.6 Å². The van der Waals surface area contributed by atoms with Crippen LogP contribution in [0.2, 0.25) is 0 Å². The summed E-state index contributed by atoms with van der Waals surface area (Å²) in [7, 11) is 1.85. The number of aromatic nitrogens is 1. The van der Waals surface area contributed by atoms with Crippen LogP contribution in [0.3, 0.4) is 0 Å². The average Bonchev–Trinajstić information content (AvgIpc) is 3.18. The number of rotatable bonds is 6. The Kier molecular flexibility index (Phi) is 7.91. The topological polar surface area (TPSA) is 59.0 Å². The third-order valence-electron chi connectivity index (χ3n) is 5.24. The van der Waals surface area contributed by atoms with Gasteiger partial charge in [-0.3, -0.25) is 4.99 Å². The van der Waals surface area contributed by atoms with Crippen LogP contribution in [-0.4, -0.2) is 61.4 Å². The van der Waals surface area contributed by atoms with Gasteiger partial charge in [-0.1, -0.05) is 13.8 Å². The smallest absolute Gasteiger partial charge is 0.193 e. The predicted molar refractivity (Wildman–Crippen MR) is 111 cm³/mol. The molecule has 6 nitrogen and oxygen atoms in total. The first-order chi connectivity index (χ1) is 13.2. The average molecular weight is 395 g/mol.